The zero-order valence-corrected chi connectivity index (χ0v) is 9.68. The maximum atomic E-state index is 11.1. The number of aromatic nitrogens is 2. The first-order valence-electron chi connectivity index (χ1n) is 5.48. The minimum absolute atomic E-state index is 0.248. The summed E-state index contributed by atoms with van der Waals surface area (Å²) in [5.74, 6) is 0.0977. The second-order valence-corrected chi connectivity index (χ2v) is 4.31. The summed E-state index contributed by atoms with van der Waals surface area (Å²) in [6.07, 6.45) is 2.86. The fourth-order valence-corrected chi connectivity index (χ4v) is 1.87. The monoisotopic (exact) mass is 238 g/mol. The lowest BCUT2D eigenvalue weighted by Gasteiger charge is -2.34. The molecule has 0 unspecified atom stereocenters. The quantitative estimate of drug-likeness (QED) is 0.354. The van der Waals surface area contributed by atoms with Gasteiger partial charge in [-0.1, -0.05) is 0 Å². The van der Waals surface area contributed by atoms with Crippen LogP contribution < -0.4 is 15.3 Å². The van der Waals surface area contributed by atoms with Gasteiger partial charge in [0.2, 0.25) is 0 Å². The Kier molecular flexibility index (Phi) is 3.32. The first kappa shape index (κ1) is 11.9. The summed E-state index contributed by atoms with van der Waals surface area (Å²) in [7, 11) is 2.07. The lowest BCUT2D eigenvalue weighted by molar-refractivity contribution is 0.0705. The molecule has 2 heterocycles. The second kappa shape index (κ2) is 4.74. The van der Waals surface area contributed by atoms with E-state index >= 15 is 0 Å². The van der Waals surface area contributed by atoms with Gasteiger partial charge in [0, 0.05) is 25.5 Å². The van der Waals surface area contributed by atoms with E-state index in [1.165, 1.54) is 12.4 Å². The van der Waals surface area contributed by atoms with Crippen LogP contribution in [0.3, 0.4) is 0 Å². The predicted molar refractivity (Wildman–Crippen MR) is 61.6 cm³/mol. The van der Waals surface area contributed by atoms with E-state index in [2.05, 4.69) is 22.3 Å². The van der Waals surface area contributed by atoms with Gasteiger partial charge in [-0.15, -0.1) is 0 Å². The number of piperazine rings is 1. The molecule has 1 fully saturated rings. The maximum Gasteiger partial charge on any atom is 0.328 e. The minimum Gasteiger partial charge on any atom is -0.306 e. The van der Waals surface area contributed by atoms with Crippen LogP contribution in [0.2, 0.25) is 0 Å². The van der Waals surface area contributed by atoms with Crippen LogP contribution in [0.1, 0.15) is 10.4 Å². The molecule has 0 atom stereocenters. The van der Waals surface area contributed by atoms with Crippen LogP contribution in [0.25, 0.3) is 0 Å². The fourth-order valence-electron chi connectivity index (χ4n) is 1.87. The van der Waals surface area contributed by atoms with Gasteiger partial charge in [0.05, 0.1) is 25.7 Å². The van der Waals surface area contributed by atoms with E-state index in [0.29, 0.717) is 10.4 Å². The van der Waals surface area contributed by atoms with E-state index in [9.17, 15) is 4.79 Å². The lowest BCUT2D eigenvalue weighted by Crippen LogP contribution is -2.57. The number of carbonyl (C=O) groups excluding carboxylic acids is 1. The van der Waals surface area contributed by atoms with Gasteiger partial charge in [-0.3, -0.25) is 14.5 Å². The Balaban J connectivity index is 2.19. The van der Waals surface area contributed by atoms with Crippen molar-refractivity contribution >= 4 is 11.9 Å². The first-order chi connectivity index (χ1) is 8.15. The zero-order valence-electron chi connectivity index (χ0n) is 9.68. The van der Waals surface area contributed by atoms with Gasteiger partial charge in [0.25, 0.3) is 5.91 Å². The van der Waals surface area contributed by atoms with E-state index in [4.69, 9.17) is 5.21 Å². The number of amides is 1. The van der Waals surface area contributed by atoms with Crippen LogP contribution >= 0.6 is 0 Å². The molecule has 7 heteroatoms. The molecule has 17 heavy (non-hydrogen) atoms. The number of rotatable bonds is 2. The van der Waals surface area contributed by atoms with Crippen LogP contribution in [0, 0.1) is 0 Å². The maximum absolute atomic E-state index is 11.1. The molecule has 0 aliphatic carbocycles. The Morgan fingerprint density at radius 1 is 1.41 bits per heavy atom. The van der Waals surface area contributed by atoms with E-state index in [1.807, 2.05) is 0 Å². The third kappa shape index (κ3) is 2.41. The SMILES string of the molecule is C[N+]1(c2ncc(C(=O)NO)cn2)CCNCC1. The molecule has 0 radical (unpaired) electrons. The van der Waals surface area contributed by atoms with E-state index < -0.39 is 5.91 Å². The molecule has 1 aromatic heterocycles. The van der Waals surface area contributed by atoms with Gasteiger partial charge >= 0.3 is 5.95 Å². The summed E-state index contributed by atoms with van der Waals surface area (Å²) in [6.45, 7) is 3.70. The molecule has 3 N–H and O–H groups in total. The first-order valence-corrected chi connectivity index (χ1v) is 5.48. The molecule has 1 amide bonds. The average molecular weight is 238 g/mol. The van der Waals surface area contributed by atoms with Crippen molar-refractivity contribution in [2.75, 3.05) is 33.2 Å². The Hall–Kier alpha value is -1.57. The van der Waals surface area contributed by atoms with Crippen molar-refractivity contribution in [3.05, 3.63) is 18.0 Å². The average Bonchev–Trinajstić information content (AvgIpc) is 2.39. The Bertz CT molecular complexity index is 400. The van der Waals surface area contributed by atoms with Gasteiger partial charge in [-0.05, 0) is 0 Å². The summed E-state index contributed by atoms with van der Waals surface area (Å²) in [6, 6.07) is 0. The van der Waals surface area contributed by atoms with Crippen molar-refractivity contribution in [1.82, 2.24) is 25.2 Å². The molecular formula is C10H16N5O2+. The highest BCUT2D eigenvalue weighted by molar-refractivity contribution is 5.92. The highest BCUT2D eigenvalue weighted by atomic mass is 16.5. The molecule has 1 aliphatic heterocycles. The Labute approximate surface area is 99.0 Å². The van der Waals surface area contributed by atoms with E-state index in [0.717, 1.165) is 26.2 Å². The van der Waals surface area contributed by atoms with Crippen molar-refractivity contribution < 1.29 is 10.0 Å². The summed E-state index contributed by atoms with van der Waals surface area (Å²) < 4.78 is 0.661. The third-order valence-corrected chi connectivity index (χ3v) is 3.05. The van der Waals surface area contributed by atoms with Crippen LogP contribution in [-0.2, 0) is 0 Å². The van der Waals surface area contributed by atoms with Crippen LogP contribution in [-0.4, -0.2) is 54.3 Å². The second-order valence-electron chi connectivity index (χ2n) is 4.31. The molecule has 0 bridgehead atoms. The molecule has 1 aromatic rings. The number of quaternary nitrogens is 1. The number of hydrogen-bond donors (Lipinski definition) is 3. The molecule has 1 saturated heterocycles. The lowest BCUT2D eigenvalue weighted by atomic mass is 10.3. The molecule has 1 aliphatic rings. The Morgan fingerprint density at radius 2 is 2.00 bits per heavy atom. The Morgan fingerprint density at radius 3 is 2.53 bits per heavy atom. The largest absolute Gasteiger partial charge is 0.328 e. The minimum atomic E-state index is -0.598. The van der Waals surface area contributed by atoms with Crippen LogP contribution in [0.15, 0.2) is 12.4 Å². The van der Waals surface area contributed by atoms with Crippen LogP contribution in [0.4, 0.5) is 5.95 Å². The normalized spacial score (nSPS) is 18.7. The molecule has 0 spiro atoms. The highest BCUT2D eigenvalue weighted by Gasteiger charge is 2.30. The van der Waals surface area contributed by atoms with Gasteiger partial charge < -0.3 is 5.32 Å². The summed E-state index contributed by atoms with van der Waals surface area (Å²) in [5.41, 5.74) is 1.80. The standard InChI is InChI=1S/C10H15N5O2/c1-15(4-2-11-3-5-15)10-12-6-8(7-13-10)9(16)14-17/h6-7,11H,2-5H2,1H3,(H-,14,16,17)/p+1. The summed E-state index contributed by atoms with van der Waals surface area (Å²) in [5, 5.41) is 11.8. The predicted octanol–water partition coefficient (Wildman–Crippen LogP) is -0.864. The zero-order chi connectivity index (χ0) is 12.3. The van der Waals surface area contributed by atoms with Crippen LogP contribution in [0.5, 0.6) is 0 Å². The van der Waals surface area contributed by atoms with Crippen molar-refractivity contribution in [2.45, 2.75) is 0 Å². The number of nitrogens with zero attached hydrogens (tertiary/aromatic N) is 3. The van der Waals surface area contributed by atoms with E-state index in [1.54, 1.807) is 5.48 Å². The van der Waals surface area contributed by atoms with Crippen molar-refractivity contribution in [3.63, 3.8) is 0 Å². The van der Waals surface area contributed by atoms with Crippen molar-refractivity contribution in [3.8, 4) is 0 Å². The number of nitrogens with one attached hydrogen (secondary N) is 2. The van der Waals surface area contributed by atoms with Crippen molar-refractivity contribution in [1.29, 1.82) is 0 Å². The molecule has 92 valence electrons. The summed E-state index contributed by atoms with van der Waals surface area (Å²) in [4.78, 5) is 19.5. The number of hydrogen-bond acceptors (Lipinski definition) is 5. The number of likely N-dealkylation sites (N-methyl/N-ethyl adjacent to an activating group) is 1. The van der Waals surface area contributed by atoms with Crippen molar-refractivity contribution in [2.24, 2.45) is 0 Å². The van der Waals surface area contributed by atoms with Gasteiger partial charge in [-0.25, -0.2) is 5.48 Å². The summed E-state index contributed by atoms with van der Waals surface area (Å²) >= 11 is 0. The third-order valence-electron chi connectivity index (χ3n) is 3.05. The molecular weight excluding hydrogens is 222 g/mol. The van der Waals surface area contributed by atoms with Gasteiger partial charge in [-0.2, -0.15) is 9.97 Å². The smallest absolute Gasteiger partial charge is 0.306 e. The molecule has 7 nitrogen and oxygen atoms in total. The number of carbonyl (C=O) groups is 1. The van der Waals surface area contributed by atoms with Gasteiger partial charge in [0.15, 0.2) is 0 Å². The molecule has 0 saturated carbocycles. The molecule has 2 rings (SSSR count). The fraction of sp³-hybridized carbons (Fsp3) is 0.500. The highest BCUT2D eigenvalue weighted by Crippen LogP contribution is 2.15. The number of hydroxylamine groups is 1. The molecule has 0 aromatic carbocycles. The van der Waals surface area contributed by atoms with E-state index in [-0.39, 0.29) is 5.56 Å². The van der Waals surface area contributed by atoms with Gasteiger partial charge in [0.1, 0.15) is 0 Å². The topological polar surface area (TPSA) is 87.1 Å².